The zero-order valence-corrected chi connectivity index (χ0v) is 16.9. The average Bonchev–Trinajstić information content (AvgIpc) is 2.88. The van der Waals surface area contributed by atoms with Crippen LogP contribution < -0.4 is 10.1 Å². The standard InChI is InChI=1S/C19H16ClN5O3S/c1-2-9-29-19-22-18-16(23-24-19)12-5-3-4-6-14(12)21-17(28-18)11-7-8-13(20)15(10-11)25(26)27/h3-8,10,17,21H,2,9H2,1H3. The van der Waals surface area contributed by atoms with Crippen LogP contribution in [0.2, 0.25) is 5.02 Å². The number of nitrogens with one attached hydrogen (secondary N) is 1. The van der Waals surface area contributed by atoms with E-state index in [0.717, 1.165) is 23.4 Å². The summed E-state index contributed by atoms with van der Waals surface area (Å²) >= 11 is 7.45. The van der Waals surface area contributed by atoms with Crippen LogP contribution in [0, 0.1) is 10.1 Å². The molecule has 8 nitrogen and oxygen atoms in total. The normalized spacial score (nSPS) is 14.8. The third kappa shape index (κ3) is 3.96. The number of nitro benzene ring substituents is 1. The van der Waals surface area contributed by atoms with E-state index >= 15 is 0 Å². The minimum Gasteiger partial charge on any atom is -0.448 e. The van der Waals surface area contributed by atoms with Gasteiger partial charge in [-0.25, -0.2) is 0 Å². The molecule has 10 heteroatoms. The smallest absolute Gasteiger partial charge is 0.288 e. The molecule has 0 bridgehead atoms. The summed E-state index contributed by atoms with van der Waals surface area (Å²) in [6.07, 6.45) is 0.266. The second-order valence-corrected chi connectivity index (χ2v) is 7.72. The Morgan fingerprint density at radius 3 is 2.90 bits per heavy atom. The van der Waals surface area contributed by atoms with Crippen molar-refractivity contribution in [3.05, 3.63) is 63.2 Å². The second kappa shape index (κ2) is 8.22. The van der Waals surface area contributed by atoms with Crippen LogP contribution in [0.4, 0.5) is 11.4 Å². The Hall–Kier alpha value is -2.91. The monoisotopic (exact) mass is 429 g/mol. The van der Waals surface area contributed by atoms with Crippen molar-refractivity contribution < 1.29 is 9.66 Å². The first-order chi connectivity index (χ1) is 14.1. The SMILES string of the molecule is CCCSc1nnc2c(n1)OC(c1ccc(Cl)c([N+](=O)[O-])c1)Nc1ccccc1-2. The first kappa shape index (κ1) is 19.4. The minimum atomic E-state index is -0.714. The first-order valence-electron chi connectivity index (χ1n) is 8.90. The molecule has 0 saturated heterocycles. The second-order valence-electron chi connectivity index (χ2n) is 6.25. The molecule has 0 radical (unpaired) electrons. The van der Waals surface area contributed by atoms with E-state index in [1.54, 1.807) is 6.07 Å². The van der Waals surface area contributed by atoms with Crippen molar-refractivity contribution in [3.8, 4) is 17.1 Å². The van der Waals surface area contributed by atoms with Crippen LogP contribution in [-0.4, -0.2) is 25.9 Å². The van der Waals surface area contributed by atoms with Gasteiger partial charge in [0, 0.05) is 28.6 Å². The van der Waals surface area contributed by atoms with E-state index in [9.17, 15) is 10.1 Å². The van der Waals surface area contributed by atoms with E-state index in [2.05, 4.69) is 27.4 Å². The summed E-state index contributed by atoms with van der Waals surface area (Å²) in [5.74, 6) is 1.18. The highest BCUT2D eigenvalue weighted by Gasteiger charge is 2.27. The van der Waals surface area contributed by atoms with Gasteiger partial charge in [-0.1, -0.05) is 54.6 Å². The van der Waals surface area contributed by atoms with Crippen molar-refractivity contribution >= 4 is 34.7 Å². The fraction of sp³-hybridized carbons (Fsp3) is 0.211. The molecule has 0 amide bonds. The molecule has 1 N–H and O–H groups in total. The molecule has 1 aromatic heterocycles. The number of nitro groups is 1. The van der Waals surface area contributed by atoms with Crippen molar-refractivity contribution in [2.75, 3.05) is 11.1 Å². The number of rotatable bonds is 5. The Labute approximate surface area is 175 Å². The summed E-state index contributed by atoms with van der Waals surface area (Å²) in [6, 6.07) is 12.1. The molecule has 1 aliphatic heterocycles. The zero-order valence-electron chi connectivity index (χ0n) is 15.3. The minimum absolute atomic E-state index is 0.0652. The van der Waals surface area contributed by atoms with E-state index in [-0.39, 0.29) is 10.7 Å². The maximum Gasteiger partial charge on any atom is 0.288 e. The van der Waals surface area contributed by atoms with E-state index in [1.807, 2.05) is 24.3 Å². The lowest BCUT2D eigenvalue weighted by Crippen LogP contribution is -2.17. The van der Waals surface area contributed by atoms with Gasteiger partial charge in [-0.3, -0.25) is 10.1 Å². The predicted molar refractivity (Wildman–Crippen MR) is 111 cm³/mol. The summed E-state index contributed by atoms with van der Waals surface area (Å²) in [5, 5.41) is 23.7. The number of para-hydroxylation sites is 1. The molecule has 2 heterocycles. The molecule has 29 heavy (non-hydrogen) atoms. The highest BCUT2D eigenvalue weighted by Crippen LogP contribution is 2.40. The van der Waals surface area contributed by atoms with Crippen molar-refractivity contribution in [1.29, 1.82) is 0 Å². The number of halogens is 1. The molecule has 4 rings (SSSR count). The molecule has 1 aliphatic rings. The summed E-state index contributed by atoms with van der Waals surface area (Å²) in [5.41, 5.74) is 2.43. The lowest BCUT2D eigenvalue weighted by molar-refractivity contribution is -0.384. The van der Waals surface area contributed by atoms with Crippen LogP contribution in [0.3, 0.4) is 0 Å². The number of benzene rings is 2. The lowest BCUT2D eigenvalue weighted by Gasteiger charge is -2.19. The number of hydrogen-bond acceptors (Lipinski definition) is 8. The maximum atomic E-state index is 11.3. The molecule has 1 unspecified atom stereocenters. The fourth-order valence-corrected chi connectivity index (χ4v) is 3.70. The number of nitrogens with zero attached hydrogens (tertiary/aromatic N) is 4. The Morgan fingerprint density at radius 2 is 2.10 bits per heavy atom. The highest BCUT2D eigenvalue weighted by atomic mass is 35.5. The van der Waals surface area contributed by atoms with Gasteiger partial charge >= 0.3 is 0 Å². The van der Waals surface area contributed by atoms with Gasteiger partial charge in [0.2, 0.25) is 11.0 Å². The molecule has 2 aromatic carbocycles. The zero-order chi connectivity index (χ0) is 20.4. The molecule has 3 aromatic rings. The van der Waals surface area contributed by atoms with Crippen LogP contribution >= 0.6 is 23.4 Å². The summed E-state index contributed by atoms with van der Waals surface area (Å²) in [7, 11) is 0. The number of aromatic nitrogens is 3. The van der Waals surface area contributed by atoms with E-state index in [0.29, 0.717) is 22.3 Å². The topological polar surface area (TPSA) is 103 Å². The molecule has 1 atom stereocenters. The predicted octanol–water partition coefficient (Wildman–Crippen LogP) is 5.11. The van der Waals surface area contributed by atoms with Gasteiger partial charge in [-0.15, -0.1) is 10.2 Å². The molecule has 0 fully saturated rings. The van der Waals surface area contributed by atoms with Crippen molar-refractivity contribution in [3.63, 3.8) is 0 Å². The Kier molecular flexibility index (Phi) is 5.50. The van der Waals surface area contributed by atoms with Gasteiger partial charge in [-0.05, 0) is 18.6 Å². The first-order valence-corrected chi connectivity index (χ1v) is 10.3. The fourth-order valence-electron chi connectivity index (χ4n) is 2.89. The van der Waals surface area contributed by atoms with Crippen LogP contribution in [0.1, 0.15) is 25.1 Å². The molecule has 148 valence electrons. The van der Waals surface area contributed by atoms with Gasteiger partial charge in [-0.2, -0.15) is 4.98 Å². The summed E-state index contributed by atoms with van der Waals surface area (Å²) in [4.78, 5) is 15.3. The van der Waals surface area contributed by atoms with E-state index < -0.39 is 11.2 Å². The summed E-state index contributed by atoms with van der Waals surface area (Å²) < 4.78 is 6.12. The van der Waals surface area contributed by atoms with Crippen LogP contribution in [0.15, 0.2) is 47.6 Å². The number of hydrogen-bond donors (Lipinski definition) is 1. The maximum absolute atomic E-state index is 11.3. The highest BCUT2D eigenvalue weighted by molar-refractivity contribution is 7.99. The van der Waals surface area contributed by atoms with E-state index in [4.69, 9.17) is 16.3 Å². The number of fused-ring (bicyclic) bond motifs is 3. The van der Waals surface area contributed by atoms with E-state index in [1.165, 1.54) is 23.9 Å². The van der Waals surface area contributed by atoms with Crippen molar-refractivity contribution in [2.45, 2.75) is 24.7 Å². The molecular weight excluding hydrogens is 414 g/mol. The Bertz CT molecular complexity index is 1080. The largest absolute Gasteiger partial charge is 0.448 e. The molecule has 0 aliphatic carbocycles. The van der Waals surface area contributed by atoms with Gasteiger partial charge in [0.05, 0.1) is 4.92 Å². The van der Waals surface area contributed by atoms with Gasteiger partial charge < -0.3 is 10.1 Å². The third-order valence-electron chi connectivity index (χ3n) is 4.24. The number of thioether (sulfide) groups is 1. The van der Waals surface area contributed by atoms with Crippen LogP contribution in [0.25, 0.3) is 11.3 Å². The lowest BCUT2D eigenvalue weighted by atomic mass is 10.1. The van der Waals surface area contributed by atoms with Crippen molar-refractivity contribution in [1.82, 2.24) is 15.2 Å². The average molecular weight is 430 g/mol. The third-order valence-corrected chi connectivity index (χ3v) is 5.60. The molecular formula is C19H16ClN5O3S. The van der Waals surface area contributed by atoms with Crippen LogP contribution in [0.5, 0.6) is 5.88 Å². The van der Waals surface area contributed by atoms with Gasteiger partial charge in [0.1, 0.15) is 5.02 Å². The quantitative estimate of drug-likeness (QED) is 0.339. The number of anilines is 1. The van der Waals surface area contributed by atoms with Gasteiger partial charge in [0.15, 0.2) is 11.9 Å². The number of ether oxygens (including phenoxy) is 1. The van der Waals surface area contributed by atoms with Gasteiger partial charge in [0.25, 0.3) is 5.69 Å². The Balaban J connectivity index is 1.80. The Morgan fingerprint density at radius 1 is 1.28 bits per heavy atom. The summed E-state index contributed by atoms with van der Waals surface area (Å²) in [6.45, 7) is 2.07. The molecule has 0 spiro atoms. The van der Waals surface area contributed by atoms with Crippen molar-refractivity contribution in [2.24, 2.45) is 0 Å². The van der Waals surface area contributed by atoms with Crippen LogP contribution in [-0.2, 0) is 0 Å². The molecule has 0 saturated carbocycles.